The van der Waals surface area contributed by atoms with E-state index in [0.29, 0.717) is 11.1 Å². The maximum Gasteiger partial charge on any atom is 0.385 e. The van der Waals surface area contributed by atoms with Crippen LogP contribution in [0.3, 0.4) is 0 Å². The zero-order valence-electron chi connectivity index (χ0n) is 14.9. The summed E-state index contributed by atoms with van der Waals surface area (Å²) in [6.07, 6.45) is -0.538. The third-order valence-electron chi connectivity index (χ3n) is 3.28. The average molecular weight is 360 g/mol. The molecule has 1 N–H and O–H groups in total. The van der Waals surface area contributed by atoms with E-state index in [1.54, 1.807) is 19.9 Å². The van der Waals surface area contributed by atoms with Crippen molar-refractivity contribution >= 4 is 14.1 Å². The highest BCUT2D eigenvalue weighted by Crippen LogP contribution is 2.55. The molecule has 136 valence electrons. The maximum absolute atomic E-state index is 12.8. The Morgan fingerprint density at radius 2 is 1.83 bits per heavy atom. The van der Waals surface area contributed by atoms with E-state index < -0.39 is 7.60 Å². The standard InChI is InChI=1S/C16H25O7P/c1-10(2)14-12(7-13(20-5)15(18)16(14)21-6)8-24(19,22-9-17)23-11(3)4/h7,9-11,18H,8H2,1-6H3. The highest BCUT2D eigenvalue weighted by Gasteiger charge is 2.32. The fourth-order valence-electron chi connectivity index (χ4n) is 2.51. The molecule has 0 saturated carbocycles. The number of phenols is 1. The lowest BCUT2D eigenvalue weighted by Gasteiger charge is -2.23. The molecule has 0 aliphatic rings. The first-order valence-corrected chi connectivity index (χ1v) is 9.28. The first-order valence-electron chi connectivity index (χ1n) is 7.55. The number of aromatic hydroxyl groups is 1. The van der Waals surface area contributed by atoms with Crippen LogP contribution in [-0.4, -0.2) is 31.9 Å². The third kappa shape index (κ3) is 4.65. The van der Waals surface area contributed by atoms with Gasteiger partial charge in [0.1, 0.15) is 0 Å². The average Bonchev–Trinajstić information content (AvgIpc) is 2.46. The van der Waals surface area contributed by atoms with Gasteiger partial charge in [-0.25, -0.2) is 4.57 Å². The highest BCUT2D eigenvalue weighted by molar-refractivity contribution is 7.53. The summed E-state index contributed by atoms with van der Waals surface area (Å²) in [6.45, 7) is 7.32. The number of carbonyl (C=O) groups is 1. The minimum absolute atomic E-state index is 0.0458. The van der Waals surface area contributed by atoms with E-state index in [1.807, 2.05) is 13.8 Å². The van der Waals surface area contributed by atoms with E-state index in [0.717, 1.165) is 0 Å². The monoisotopic (exact) mass is 360 g/mol. The van der Waals surface area contributed by atoms with Crippen LogP contribution in [0.25, 0.3) is 0 Å². The Bertz CT molecular complexity index is 625. The molecule has 0 aliphatic carbocycles. The Hall–Kier alpha value is -1.72. The summed E-state index contributed by atoms with van der Waals surface area (Å²) in [6, 6.07) is 1.55. The van der Waals surface area contributed by atoms with Crippen molar-refractivity contribution < 1.29 is 33.0 Å². The first-order chi connectivity index (χ1) is 11.2. The van der Waals surface area contributed by atoms with Crippen molar-refractivity contribution in [1.82, 2.24) is 0 Å². The van der Waals surface area contributed by atoms with Crippen molar-refractivity contribution in [2.24, 2.45) is 0 Å². The largest absolute Gasteiger partial charge is 0.502 e. The summed E-state index contributed by atoms with van der Waals surface area (Å²) in [7, 11) is -0.871. The molecule has 1 atom stereocenters. The van der Waals surface area contributed by atoms with Gasteiger partial charge in [-0.1, -0.05) is 13.8 Å². The van der Waals surface area contributed by atoms with Crippen LogP contribution in [0.1, 0.15) is 44.7 Å². The number of ether oxygens (including phenoxy) is 2. The normalized spacial score (nSPS) is 13.7. The lowest BCUT2D eigenvalue weighted by atomic mass is 9.96. The van der Waals surface area contributed by atoms with E-state index >= 15 is 0 Å². The number of hydrogen-bond donors (Lipinski definition) is 1. The number of phenolic OH excluding ortho intramolecular Hbond substituents is 1. The molecular weight excluding hydrogens is 335 g/mol. The van der Waals surface area contributed by atoms with Crippen LogP contribution in [0.4, 0.5) is 0 Å². The Morgan fingerprint density at radius 1 is 1.21 bits per heavy atom. The lowest BCUT2D eigenvalue weighted by molar-refractivity contribution is -0.121. The van der Waals surface area contributed by atoms with Crippen LogP contribution in [0.2, 0.25) is 0 Å². The molecule has 8 heteroatoms. The van der Waals surface area contributed by atoms with Crippen molar-refractivity contribution in [3.63, 3.8) is 0 Å². The number of carbonyl (C=O) groups excluding carboxylic acids is 1. The van der Waals surface area contributed by atoms with E-state index in [9.17, 15) is 14.5 Å². The minimum atomic E-state index is -3.70. The van der Waals surface area contributed by atoms with Crippen molar-refractivity contribution in [2.45, 2.75) is 45.9 Å². The molecule has 0 amide bonds. The molecule has 0 aliphatic heterocycles. The minimum Gasteiger partial charge on any atom is -0.502 e. The molecule has 0 spiro atoms. The van der Waals surface area contributed by atoms with Crippen LogP contribution in [0, 0.1) is 0 Å². The van der Waals surface area contributed by atoms with E-state index in [1.165, 1.54) is 14.2 Å². The lowest BCUT2D eigenvalue weighted by Crippen LogP contribution is -2.08. The van der Waals surface area contributed by atoms with E-state index in [4.69, 9.17) is 18.5 Å². The van der Waals surface area contributed by atoms with Crippen molar-refractivity contribution in [3.8, 4) is 17.2 Å². The van der Waals surface area contributed by atoms with Gasteiger partial charge in [0.25, 0.3) is 6.47 Å². The quantitative estimate of drug-likeness (QED) is 0.529. The SMILES string of the molecule is COc1cc(CP(=O)(OC=O)OC(C)C)c(C(C)C)c(OC)c1O. The second kappa shape index (κ2) is 8.40. The van der Waals surface area contributed by atoms with Crippen molar-refractivity contribution in [2.75, 3.05) is 14.2 Å². The number of hydrogen-bond acceptors (Lipinski definition) is 7. The summed E-state index contributed by atoms with van der Waals surface area (Å²) >= 11 is 0. The highest BCUT2D eigenvalue weighted by atomic mass is 31.2. The number of rotatable bonds is 9. The maximum atomic E-state index is 12.8. The van der Waals surface area contributed by atoms with Crippen molar-refractivity contribution in [3.05, 3.63) is 17.2 Å². The van der Waals surface area contributed by atoms with Crippen LogP contribution in [-0.2, 0) is 24.6 Å². The Morgan fingerprint density at radius 3 is 2.25 bits per heavy atom. The van der Waals surface area contributed by atoms with Gasteiger partial charge < -0.3 is 19.1 Å². The topological polar surface area (TPSA) is 91.3 Å². The Kier molecular flexibility index (Phi) is 7.11. The fraction of sp³-hybridized carbons (Fsp3) is 0.562. The van der Waals surface area contributed by atoms with E-state index in [2.05, 4.69) is 0 Å². The van der Waals surface area contributed by atoms with Crippen LogP contribution >= 0.6 is 7.60 Å². The first kappa shape index (κ1) is 20.3. The molecule has 0 fully saturated rings. The molecule has 0 bridgehead atoms. The van der Waals surface area contributed by atoms with Crippen LogP contribution < -0.4 is 9.47 Å². The molecule has 7 nitrogen and oxygen atoms in total. The van der Waals surface area contributed by atoms with Gasteiger partial charge in [0.15, 0.2) is 11.5 Å². The van der Waals surface area contributed by atoms with Gasteiger partial charge in [0.05, 0.1) is 26.5 Å². The molecule has 0 radical (unpaired) electrons. The van der Waals surface area contributed by atoms with Gasteiger partial charge in [-0.05, 0) is 31.4 Å². The van der Waals surface area contributed by atoms with Gasteiger partial charge in [0, 0.05) is 5.56 Å². The molecule has 0 heterocycles. The molecule has 1 aromatic carbocycles. The summed E-state index contributed by atoms with van der Waals surface area (Å²) < 4.78 is 33.4. The smallest absolute Gasteiger partial charge is 0.385 e. The third-order valence-corrected chi connectivity index (χ3v) is 5.16. The summed E-state index contributed by atoms with van der Waals surface area (Å²) in [4.78, 5) is 10.7. The van der Waals surface area contributed by atoms with Crippen molar-refractivity contribution in [1.29, 1.82) is 0 Å². The zero-order chi connectivity index (χ0) is 18.5. The summed E-state index contributed by atoms with van der Waals surface area (Å²) in [5.41, 5.74) is 1.21. The van der Waals surface area contributed by atoms with Crippen LogP contribution in [0.5, 0.6) is 17.2 Å². The number of benzene rings is 1. The molecule has 1 rings (SSSR count). The molecule has 0 aromatic heterocycles. The van der Waals surface area contributed by atoms with Gasteiger partial charge in [-0.3, -0.25) is 9.32 Å². The van der Waals surface area contributed by atoms with Crippen LogP contribution in [0.15, 0.2) is 6.07 Å². The molecule has 1 aromatic rings. The number of methoxy groups -OCH3 is 2. The fourth-order valence-corrected chi connectivity index (χ4v) is 4.16. The second-order valence-electron chi connectivity index (χ2n) is 5.81. The van der Waals surface area contributed by atoms with Gasteiger partial charge >= 0.3 is 7.60 Å². The molecular formula is C16H25O7P. The molecule has 0 saturated heterocycles. The zero-order valence-corrected chi connectivity index (χ0v) is 15.8. The van der Waals surface area contributed by atoms with Gasteiger partial charge in [0.2, 0.25) is 5.75 Å². The summed E-state index contributed by atoms with van der Waals surface area (Å²) in [5, 5.41) is 10.3. The molecule has 24 heavy (non-hydrogen) atoms. The predicted octanol–water partition coefficient (Wildman–Crippen LogP) is 3.82. The predicted molar refractivity (Wildman–Crippen MR) is 90.0 cm³/mol. The van der Waals surface area contributed by atoms with Gasteiger partial charge in [-0.15, -0.1) is 0 Å². The second-order valence-corrected chi connectivity index (χ2v) is 7.77. The van der Waals surface area contributed by atoms with E-state index in [-0.39, 0.29) is 41.9 Å². The Balaban J connectivity index is 3.50. The molecule has 1 unspecified atom stereocenters. The van der Waals surface area contributed by atoms with Gasteiger partial charge in [-0.2, -0.15) is 0 Å². The summed E-state index contributed by atoms with van der Waals surface area (Å²) in [5.74, 6) is 0.230. The Labute approximate surface area is 142 Å².